The minimum atomic E-state index is 0.117. The Morgan fingerprint density at radius 2 is 1.67 bits per heavy atom. The number of hydrogen-bond donors (Lipinski definition) is 0. The summed E-state index contributed by atoms with van der Waals surface area (Å²) in [5.74, 6) is 5.45. The molecule has 1 aromatic rings. The lowest BCUT2D eigenvalue weighted by Gasteiger charge is -2.44. The highest BCUT2D eigenvalue weighted by atomic mass is 16.5. The molecular formula is C52H60N2O. The van der Waals surface area contributed by atoms with Gasteiger partial charge in [-0.3, -0.25) is 0 Å². The van der Waals surface area contributed by atoms with Crippen molar-refractivity contribution in [3.05, 3.63) is 148 Å². The maximum Gasteiger partial charge on any atom is 0.127 e. The number of nitrogens with zero attached hydrogens (tertiary/aromatic N) is 2. The first-order chi connectivity index (χ1) is 26.9. The molecule has 0 radical (unpaired) electrons. The van der Waals surface area contributed by atoms with Gasteiger partial charge in [0.25, 0.3) is 0 Å². The topological polar surface area (TPSA) is 15.7 Å². The number of anilines is 1. The zero-order chi connectivity index (χ0) is 36.8. The largest absolute Gasteiger partial charge is 0.490 e. The standard InChI is InChI=1S/C52H60N2O/c1-33-29-48(51-41-17-9-12-20-49(41)55-50(51)30-33)53(37-25-27-45-42(31-37)39-15-7-10-18-44(39)52(45,2)3)38-26-28-47-43(32-38)40-16-8-11-19-46(40)54(47)36-23-21-35(22-24-36)34-13-5-4-6-14-34/h7-12,16-20,23,25-28,32-35,39,41-43,47-49H,4-6,13-15,21-22,24,29-31H2,1-3H3. The van der Waals surface area contributed by atoms with Gasteiger partial charge in [-0.05, 0) is 98.0 Å². The molecule has 0 N–H and O–H groups in total. The molecular weight excluding hydrogens is 669 g/mol. The lowest BCUT2D eigenvalue weighted by molar-refractivity contribution is 0.149. The fraction of sp³-hybridized carbons (Fsp3) is 0.500. The zero-order valence-corrected chi connectivity index (χ0v) is 33.4. The Balaban J connectivity index is 0.977. The van der Waals surface area contributed by atoms with Crippen LogP contribution in [0.5, 0.6) is 0 Å². The SMILES string of the molecule is CC1CC2=C(C3C=CC=CC3O2)C(N(C2=CC3c4ccccc4N(C4=CCC(C5CCCCC5)CC4)C3C=C2)C2=CC=C3C(C2)C2CC=CC=C2C3(C)C)C1. The first kappa shape index (κ1) is 34.3. The van der Waals surface area contributed by atoms with Crippen LogP contribution in [0.1, 0.15) is 109 Å². The minimum Gasteiger partial charge on any atom is -0.490 e. The van der Waals surface area contributed by atoms with Gasteiger partial charge in [-0.1, -0.05) is 143 Å². The van der Waals surface area contributed by atoms with Crippen molar-refractivity contribution in [1.82, 2.24) is 4.90 Å². The second kappa shape index (κ2) is 13.3. The van der Waals surface area contributed by atoms with Crippen LogP contribution in [0, 0.1) is 40.9 Å². The highest BCUT2D eigenvalue weighted by Crippen LogP contribution is 2.60. The van der Waals surface area contributed by atoms with E-state index in [0.717, 1.165) is 37.5 Å². The molecule has 10 aliphatic rings. The second-order valence-electron chi connectivity index (χ2n) is 19.3. The quantitative estimate of drug-likeness (QED) is 0.300. The number of para-hydroxylation sites is 1. The molecule has 1 aromatic carbocycles. The summed E-state index contributed by atoms with van der Waals surface area (Å²) >= 11 is 0. The van der Waals surface area contributed by atoms with Gasteiger partial charge in [0, 0.05) is 52.0 Å². The highest BCUT2D eigenvalue weighted by Gasteiger charge is 2.51. The van der Waals surface area contributed by atoms with Crippen LogP contribution in [-0.2, 0) is 4.74 Å². The van der Waals surface area contributed by atoms with E-state index in [1.807, 2.05) is 0 Å². The van der Waals surface area contributed by atoms with Crippen LogP contribution in [0.25, 0.3) is 0 Å². The molecule has 9 unspecified atom stereocenters. The number of hydrogen-bond acceptors (Lipinski definition) is 3. The van der Waals surface area contributed by atoms with Gasteiger partial charge in [0.15, 0.2) is 0 Å². The van der Waals surface area contributed by atoms with Crippen molar-refractivity contribution < 1.29 is 4.74 Å². The summed E-state index contributed by atoms with van der Waals surface area (Å²) in [6.07, 6.45) is 47.5. The van der Waals surface area contributed by atoms with Crippen LogP contribution >= 0.6 is 0 Å². The Kier molecular flexibility index (Phi) is 8.30. The van der Waals surface area contributed by atoms with Crippen LogP contribution in [0.2, 0.25) is 0 Å². The molecule has 0 spiro atoms. The summed E-state index contributed by atoms with van der Waals surface area (Å²) in [7, 11) is 0. The Hall–Kier alpha value is -3.98. The predicted octanol–water partition coefficient (Wildman–Crippen LogP) is 12.5. The van der Waals surface area contributed by atoms with Crippen LogP contribution in [-0.4, -0.2) is 23.1 Å². The fourth-order valence-electron chi connectivity index (χ4n) is 13.4. The van der Waals surface area contributed by atoms with Gasteiger partial charge in [0.1, 0.15) is 6.10 Å². The smallest absolute Gasteiger partial charge is 0.127 e. The van der Waals surface area contributed by atoms with E-state index in [4.69, 9.17) is 4.74 Å². The molecule has 3 heteroatoms. The van der Waals surface area contributed by atoms with Crippen molar-refractivity contribution in [2.45, 2.75) is 122 Å². The summed E-state index contributed by atoms with van der Waals surface area (Å²) in [5.41, 5.74) is 12.3. The molecule has 284 valence electrons. The van der Waals surface area contributed by atoms with Crippen LogP contribution < -0.4 is 4.90 Å². The number of ether oxygens (including phenoxy) is 1. The van der Waals surface area contributed by atoms with E-state index in [2.05, 4.69) is 134 Å². The molecule has 0 aromatic heterocycles. The molecule has 0 amide bonds. The zero-order valence-electron chi connectivity index (χ0n) is 33.4. The van der Waals surface area contributed by atoms with Crippen molar-refractivity contribution in [2.75, 3.05) is 4.90 Å². The molecule has 0 bridgehead atoms. The number of rotatable bonds is 5. The summed E-state index contributed by atoms with van der Waals surface area (Å²) in [6.45, 7) is 7.40. The van der Waals surface area contributed by atoms with E-state index in [0.29, 0.717) is 35.6 Å². The molecule has 9 atom stereocenters. The molecule has 2 saturated carbocycles. The van der Waals surface area contributed by atoms with E-state index >= 15 is 0 Å². The van der Waals surface area contributed by atoms with Gasteiger partial charge in [-0.25, -0.2) is 0 Å². The number of benzene rings is 1. The van der Waals surface area contributed by atoms with Crippen LogP contribution in [0.3, 0.4) is 0 Å². The van der Waals surface area contributed by atoms with Crippen molar-refractivity contribution in [2.24, 2.45) is 40.9 Å². The molecule has 55 heavy (non-hydrogen) atoms. The van der Waals surface area contributed by atoms with E-state index in [-0.39, 0.29) is 17.6 Å². The Morgan fingerprint density at radius 1 is 0.818 bits per heavy atom. The van der Waals surface area contributed by atoms with Crippen LogP contribution in [0.15, 0.2) is 143 Å². The van der Waals surface area contributed by atoms with Crippen LogP contribution in [0.4, 0.5) is 5.69 Å². The third-order valence-electron chi connectivity index (χ3n) is 16.0. The molecule has 2 fully saturated rings. The highest BCUT2D eigenvalue weighted by molar-refractivity contribution is 5.69. The summed E-state index contributed by atoms with van der Waals surface area (Å²) in [6, 6.07) is 9.98. The minimum absolute atomic E-state index is 0.117. The monoisotopic (exact) mass is 728 g/mol. The van der Waals surface area contributed by atoms with Gasteiger partial charge >= 0.3 is 0 Å². The third-order valence-corrected chi connectivity index (χ3v) is 16.0. The van der Waals surface area contributed by atoms with Crippen molar-refractivity contribution in [3.8, 4) is 0 Å². The molecule has 3 nitrogen and oxygen atoms in total. The summed E-state index contributed by atoms with van der Waals surface area (Å²) in [4.78, 5) is 5.60. The average Bonchev–Trinajstić information content (AvgIpc) is 3.83. The van der Waals surface area contributed by atoms with E-state index in [9.17, 15) is 0 Å². The summed E-state index contributed by atoms with van der Waals surface area (Å²) in [5, 5.41) is 0. The van der Waals surface area contributed by atoms with E-state index in [1.165, 1.54) is 85.3 Å². The first-order valence-electron chi connectivity index (χ1n) is 22.2. The van der Waals surface area contributed by atoms with E-state index < -0.39 is 0 Å². The lowest BCUT2D eigenvalue weighted by atomic mass is 9.74. The lowest BCUT2D eigenvalue weighted by Crippen LogP contribution is -2.42. The molecule has 2 aliphatic heterocycles. The normalized spacial score (nSPS) is 36.7. The molecule has 2 heterocycles. The fourth-order valence-corrected chi connectivity index (χ4v) is 13.4. The van der Waals surface area contributed by atoms with Gasteiger partial charge in [-0.2, -0.15) is 0 Å². The Bertz CT molecular complexity index is 2070. The number of allylic oxidation sites excluding steroid dienone is 14. The third kappa shape index (κ3) is 5.48. The van der Waals surface area contributed by atoms with Crippen molar-refractivity contribution in [3.63, 3.8) is 0 Å². The van der Waals surface area contributed by atoms with Crippen molar-refractivity contribution in [1.29, 1.82) is 0 Å². The average molecular weight is 729 g/mol. The van der Waals surface area contributed by atoms with Gasteiger partial charge in [0.2, 0.25) is 0 Å². The summed E-state index contributed by atoms with van der Waals surface area (Å²) < 4.78 is 6.82. The number of fused-ring (bicyclic) bond motifs is 8. The van der Waals surface area contributed by atoms with Crippen molar-refractivity contribution >= 4 is 5.69 Å². The maximum absolute atomic E-state index is 6.82. The molecule has 8 aliphatic carbocycles. The molecule has 11 rings (SSSR count). The first-order valence-corrected chi connectivity index (χ1v) is 22.2. The predicted molar refractivity (Wildman–Crippen MR) is 226 cm³/mol. The Morgan fingerprint density at radius 3 is 2.55 bits per heavy atom. The van der Waals surface area contributed by atoms with Gasteiger partial charge in [0.05, 0.1) is 17.8 Å². The second-order valence-corrected chi connectivity index (χ2v) is 19.3. The Labute approximate surface area is 330 Å². The molecule has 0 saturated heterocycles. The van der Waals surface area contributed by atoms with Gasteiger partial charge < -0.3 is 14.5 Å². The maximum atomic E-state index is 6.82. The van der Waals surface area contributed by atoms with E-state index in [1.54, 1.807) is 16.8 Å². The van der Waals surface area contributed by atoms with Gasteiger partial charge in [-0.15, -0.1) is 0 Å².